The van der Waals surface area contributed by atoms with Crippen molar-refractivity contribution >= 4 is 21.6 Å². The summed E-state index contributed by atoms with van der Waals surface area (Å²) < 4.78 is 30.4. The monoisotopic (exact) mass is 418 g/mol. The van der Waals surface area contributed by atoms with Gasteiger partial charge in [0.25, 0.3) is 0 Å². The number of hydrogen-bond donors (Lipinski definition) is 1. The fourth-order valence-corrected chi connectivity index (χ4v) is 3.78. The molecule has 0 saturated carbocycles. The first kappa shape index (κ1) is 22.7. The molecule has 1 amide bonds. The van der Waals surface area contributed by atoms with E-state index in [1.165, 1.54) is 18.2 Å². The van der Waals surface area contributed by atoms with Crippen molar-refractivity contribution in [3.8, 4) is 5.75 Å². The summed E-state index contributed by atoms with van der Waals surface area (Å²) in [5, 5.41) is 2.81. The molecule has 29 heavy (non-hydrogen) atoms. The number of carbonyl (C=O) groups excluding carboxylic acids is 1. The minimum atomic E-state index is -3.59. The van der Waals surface area contributed by atoms with Crippen LogP contribution in [0.25, 0.3) is 0 Å². The van der Waals surface area contributed by atoms with Gasteiger partial charge < -0.3 is 10.1 Å². The average molecular weight is 419 g/mol. The van der Waals surface area contributed by atoms with E-state index in [-0.39, 0.29) is 12.5 Å². The molecule has 6 nitrogen and oxygen atoms in total. The highest BCUT2D eigenvalue weighted by atomic mass is 32.2. The first-order valence-electron chi connectivity index (χ1n) is 9.68. The second-order valence-electron chi connectivity index (χ2n) is 7.32. The lowest BCUT2D eigenvalue weighted by Gasteiger charge is -2.22. The van der Waals surface area contributed by atoms with Crippen molar-refractivity contribution in [2.75, 3.05) is 30.8 Å². The van der Waals surface area contributed by atoms with Gasteiger partial charge >= 0.3 is 0 Å². The Bertz CT molecular complexity index is 891. The number of sulfonamides is 1. The Labute approximate surface area is 173 Å². The summed E-state index contributed by atoms with van der Waals surface area (Å²) in [5.74, 6) is 0.793. The van der Waals surface area contributed by atoms with E-state index in [0.717, 1.165) is 23.4 Å². The Balaban J connectivity index is 1.86. The van der Waals surface area contributed by atoms with Crippen LogP contribution in [0.1, 0.15) is 37.3 Å². The molecule has 0 aliphatic heterocycles. The summed E-state index contributed by atoms with van der Waals surface area (Å²) >= 11 is 0. The summed E-state index contributed by atoms with van der Waals surface area (Å²) in [7, 11) is -2.05. The molecule has 0 atom stereocenters. The van der Waals surface area contributed by atoms with Crippen LogP contribution in [0.2, 0.25) is 0 Å². The average Bonchev–Trinajstić information content (AvgIpc) is 2.69. The number of anilines is 1. The molecule has 0 unspecified atom stereocenters. The van der Waals surface area contributed by atoms with Crippen molar-refractivity contribution in [3.05, 3.63) is 59.7 Å². The Morgan fingerprint density at radius 3 is 2.21 bits per heavy atom. The van der Waals surface area contributed by atoms with Crippen molar-refractivity contribution in [2.24, 2.45) is 0 Å². The van der Waals surface area contributed by atoms with Crippen LogP contribution >= 0.6 is 0 Å². The third-order valence-electron chi connectivity index (χ3n) is 4.66. The van der Waals surface area contributed by atoms with Gasteiger partial charge in [-0.2, -0.15) is 0 Å². The van der Waals surface area contributed by atoms with Gasteiger partial charge in [-0.3, -0.25) is 9.10 Å². The van der Waals surface area contributed by atoms with E-state index in [1.807, 2.05) is 0 Å². The summed E-state index contributed by atoms with van der Waals surface area (Å²) in [4.78, 5) is 12.3. The quantitative estimate of drug-likeness (QED) is 0.601. The van der Waals surface area contributed by atoms with Crippen LogP contribution in [0, 0.1) is 0 Å². The minimum Gasteiger partial charge on any atom is -0.497 e. The van der Waals surface area contributed by atoms with Crippen LogP contribution in [0.3, 0.4) is 0 Å². The minimum absolute atomic E-state index is 0.256. The molecule has 0 aliphatic rings. The molecule has 7 heteroatoms. The van der Waals surface area contributed by atoms with Gasteiger partial charge in [0.15, 0.2) is 0 Å². The fourth-order valence-electron chi connectivity index (χ4n) is 2.92. The molecule has 0 aliphatic carbocycles. The van der Waals surface area contributed by atoms with Crippen LogP contribution in [0.4, 0.5) is 5.69 Å². The standard InChI is InChI=1S/C22H30N2O4S/c1-17(2)19-9-7-18(8-10-19)6-5-15-23-22(25)16-24(29(4,26)27)20-11-13-21(28-3)14-12-20/h7-14,17H,5-6,15-16H2,1-4H3,(H,23,25). The summed E-state index contributed by atoms with van der Waals surface area (Å²) in [6, 6.07) is 15.1. The number of ether oxygens (including phenoxy) is 1. The Hall–Kier alpha value is -2.54. The number of nitrogens with one attached hydrogen (secondary N) is 1. The molecule has 0 radical (unpaired) electrons. The summed E-state index contributed by atoms with van der Waals surface area (Å²) in [5.41, 5.74) is 2.95. The number of hydrogen-bond acceptors (Lipinski definition) is 4. The number of nitrogens with zero attached hydrogens (tertiary/aromatic N) is 1. The number of carbonyl (C=O) groups is 1. The highest BCUT2D eigenvalue weighted by Crippen LogP contribution is 2.21. The number of amides is 1. The molecule has 0 fully saturated rings. The fraction of sp³-hybridized carbons (Fsp3) is 0.409. The highest BCUT2D eigenvalue weighted by Gasteiger charge is 2.20. The lowest BCUT2D eigenvalue weighted by atomic mass is 10.0. The zero-order valence-electron chi connectivity index (χ0n) is 17.5. The van der Waals surface area contributed by atoms with Gasteiger partial charge in [-0.05, 0) is 54.2 Å². The Kier molecular flexibility index (Phi) is 8.08. The predicted molar refractivity (Wildman–Crippen MR) is 117 cm³/mol. The maximum atomic E-state index is 12.3. The van der Waals surface area contributed by atoms with Crippen molar-refractivity contribution in [2.45, 2.75) is 32.6 Å². The molecule has 1 N–H and O–H groups in total. The van der Waals surface area contributed by atoms with Crippen molar-refractivity contribution in [1.82, 2.24) is 5.32 Å². The van der Waals surface area contributed by atoms with Gasteiger partial charge in [-0.1, -0.05) is 38.1 Å². The van der Waals surface area contributed by atoms with Crippen LogP contribution in [0.5, 0.6) is 5.75 Å². The summed E-state index contributed by atoms with van der Waals surface area (Å²) in [6.07, 6.45) is 2.73. The van der Waals surface area contributed by atoms with Crippen molar-refractivity contribution in [3.63, 3.8) is 0 Å². The molecule has 2 aromatic rings. The first-order chi connectivity index (χ1) is 13.7. The van der Waals surface area contributed by atoms with E-state index in [0.29, 0.717) is 23.9 Å². The Morgan fingerprint density at radius 2 is 1.69 bits per heavy atom. The molecule has 2 aromatic carbocycles. The second-order valence-corrected chi connectivity index (χ2v) is 9.22. The van der Waals surface area contributed by atoms with E-state index < -0.39 is 10.0 Å². The van der Waals surface area contributed by atoms with Crippen LogP contribution in [-0.4, -0.2) is 40.8 Å². The van der Waals surface area contributed by atoms with Crippen LogP contribution in [0.15, 0.2) is 48.5 Å². The van der Waals surface area contributed by atoms with Crippen molar-refractivity contribution in [1.29, 1.82) is 0 Å². The van der Waals surface area contributed by atoms with Crippen LogP contribution in [-0.2, 0) is 21.2 Å². The molecule has 0 saturated heterocycles. The van der Waals surface area contributed by atoms with E-state index >= 15 is 0 Å². The van der Waals surface area contributed by atoms with Crippen LogP contribution < -0.4 is 14.4 Å². The lowest BCUT2D eigenvalue weighted by molar-refractivity contribution is -0.119. The van der Waals surface area contributed by atoms with Gasteiger partial charge in [0.05, 0.1) is 19.1 Å². The van der Waals surface area contributed by atoms with Gasteiger partial charge in [0.1, 0.15) is 12.3 Å². The van der Waals surface area contributed by atoms with Crippen molar-refractivity contribution < 1.29 is 17.9 Å². The maximum Gasteiger partial charge on any atom is 0.240 e. The number of benzene rings is 2. The lowest BCUT2D eigenvalue weighted by Crippen LogP contribution is -2.40. The normalized spacial score (nSPS) is 11.3. The topological polar surface area (TPSA) is 75.7 Å². The molecule has 0 heterocycles. The molecule has 0 aromatic heterocycles. The SMILES string of the molecule is COc1ccc(N(CC(=O)NCCCc2ccc(C(C)C)cc2)S(C)(=O)=O)cc1. The molecule has 2 rings (SSSR count). The van der Waals surface area contributed by atoms with Gasteiger partial charge in [0.2, 0.25) is 15.9 Å². The zero-order valence-corrected chi connectivity index (χ0v) is 18.3. The molecular weight excluding hydrogens is 388 g/mol. The molecule has 0 spiro atoms. The predicted octanol–water partition coefficient (Wildman–Crippen LogP) is 3.33. The number of aryl methyl sites for hydroxylation is 1. The maximum absolute atomic E-state index is 12.3. The van der Waals surface area contributed by atoms with Gasteiger partial charge in [-0.15, -0.1) is 0 Å². The first-order valence-corrected chi connectivity index (χ1v) is 11.5. The zero-order chi connectivity index (χ0) is 21.4. The van der Waals surface area contributed by atoms with E-state index in [4.69, 9.17) is 4.74 Å². The summed E-state index contributed by atoms with van der Waals surface area (Å²) in [6.45, 7) is 4.56. The second kappa shape index (κ2) is 10.3. The molecule has 0 bridgehead atoms. The van der Waals surface area contributed by atoms with Gasteiger partial charge in [0, 0.05) is 6.54 Å². The molecular formula is C22H30N2O4S. The highest BCUT2D eigenvalue weighted by molar-refractivity contribution is 7.92. The number of rotatable bonds is 10. The van der Waals surface area contributed by atoms with E-state index in [9.17, 15) is 13.2 Å². The van der Waals surface area contributed by atoms with E-state index in [1.54, 1.807) is 24.3 Å². The third-order valence-corrected chi connectivity index (χ3v) is 5.80. The largest absolute Gasteiger partial charge is 0.497 e. The Morgan fingerprint density at radius 1 is 1.07 bits per heavy atom. The molecule has 158 valence electrons. The third kappa shape index (κ3) is 7.09. The number of methoxy groups -OCH3 is 1. The smallest absolute Gasteiger partial charge is 0.240 e. The van der Waals surface area contributed by atoms with Gasteiger partial charge in [-0.25, -0.2) is 8.42 Å². The van der Waals surface area contributed by atoms with E-state index in [2.05, 4.69) is 43.4 Å².